The van der Waals surface area contributed by atoms with Gasteiger partial charge in [-0.2, -0.15) is 0 Å². The van der Waals surface area contributed by atoms with Gasteiger partial charge in [0.25, 0.3) is 10.0 Å². The quantitative estimate of drug-likeness (QED) is 0.752. The lowest BCUT2D eigenvalue weighted by Crippen LogP contribution is -2.29. The Morgan fingerprint density at radius 3 is 2.71 bits per heavy atom. The van der Waals surface area contributed by atoms with Crippen LogP contribution in [0.2, 0.25) is 5.02 Å². The van der Waals surface area contributed by atoms with Crippen molar-refractivity contribution in [1.29, 1.82) is 0 Å². The normalized spacial score (nSPS) is 11.4. The number of halogens is 2. The van der Waals surface area contributed by atoms with Gasteiger partial charge in [-0.15, -0.1) is 0 Å². The summed E-state index contributed by atoms with van der Waals surface area (Å²) in [4.78, 5) is 15.9. The van der Waals surface area contributed by atoms with Crippen molar-refractivity contribution in [2.75, 3.05) is 6.61 Å². The van der Waals surface area contributed by atoms with E-state index in [9.17, 15) is 17.6 Å². The summed E-state index contributed by atoms with van der Waals surface area (Å²) in [6.07, 6.45) is 0. The number of sulfonamides is 1. The van der Waals surface area contributed by atoms with Gasteiger partial charge in [0.05, 0.1) is 5.02 Å². The van der Waals surface area contributed by atoms with E-state index in [1.165, 1.54) is 0 Å². The van der Waals surface area contributed by atoms with Crippen LogP contribution in [0.15, 0.2) is 23.1 Å². The molecule has 0 radical (unpaired) electrons. The summed E-state index contributed by atoms with van der Waals surface area (Å²) in [6.45, 7) is -0.627. The molecule has 0 unspecified atom stereocenters. The van der Waals surface area contributed by atoms with Crippen molar-refractivity contribution in [3.63, 3.8) is 0 Å². The Morgan fingerprint density at radius 2 is 2.18 bits per heavy atom. The van der Waals surface area contributed by atoms with Crippen LogP contribution < -0.4 is 10.6 Å². The SMILES string of the molecule is NC(=O)CONS(=O)(=O)c1ccc(F)cc1Cl. The van der Waals surface area contributed by atoms with E-state index in [1.807, 2.05) is 0 Å². The number of carbonyl (C=O) groups excluding carboxylic acids is 1. The first-order valence-electron chi connectivity index (χ1n) is 4.20. The molecule has 94 valence electrons. The van der Waals surface area contributed by atoms with E-state index in [-0.39, 0.29) is 9.92 Å². The zero-order valence-electron chi connectivity index (χ0n) is 8.31. The maximum atomic E-state index is 12.7. The fraction of sp³-hybridized carbons (Fsp3) is 0.125. The third-order valence-electron chi connectivity index (χ3n) is 1.57. The van der Waals surface area contributed by atoms with E-state index < -0.39 is 28.4 Å². The van der Waals surface area contributed by atoms with Crippen LogP contribution in [0.4, 0.5) is 4.39 Å². The van der Waals surface area contributed by atoms with Crippen molar-refractivity contribution in [2.45, 2.75) is 4.90 Å². The van der Waals surface area contributed by atoms with E-state index in [1.54, 1.807) is 4.89 Å². The monoisotopic (exact) mass is 282 g/mol. The standard InChI is InChI=1S/C8H8ClFN2O4S/c9-6-3-5(10)1-2-7(6)17(14,15)12-16-4-8(11)13/h1-3,12H,4H2,(H2,11,13). The highest BCUT2D eigenvalue weighted by Gasteiger charge is 2.18. The van der Waals surface area contributed by atoms with E-state index in [0.717, 1.165) is 18.2 Å². The molecule has 9 heteroatoms. The zero-order valence-corrected chi connectivity index (χ0v) is 9.89. The van der Waals surface area contributed by atoms with Gasteiger partial charge in [-0.25, -0.2) is 12.8 Å². The topological polar surface area (TPSA) is 98.5 Å². The van der Waals surface area contributed by atoms with Crippen LogP contribution in [-0.4, -0.2) is 20.9 Å². The lowest BCUT2D eigenvalue weighted by atomic mass is 10.3. The lowest BCUT2D eigenvalue weighted by Gasteiger charge is -2.07. The fourth-order valence-corrected chi connectivity index (χ4v) is 2.25. The maximum absolute atomic E-state index is 12.7. The Bertz CT molecular complexity index is 534. The van der Waals surface area contributed by atoms with Gasteiger partial charge in [-0.05, 0) is 18.2 Å². The molecule has 0 heterocycles. The van der Waals surface area contributed by atoms with Crippen LogP contribution in [-0.2, 0) is 19.7 Å². The lowest BCUT2D eigenvalue weighted by molar-refractivity contribution is -0.123. The second kappa shape index (κ2) is 5.41. The number of nitrogens with one attached hydrogen (secondary N) is 1. The summed E-state index contributed by atoms with van der Waals surface area (Å²) in [5.41, 5.74) is 4.74. The van der Waals surface area contributed by atoms with Gasteiger partial charge in [-0.3, -0.25) is 9.63 Å². The van der Waals surface area contributed by atoms with Gasteiger partial charge in [-0.1, -0.05) is 16.5 Å². The second-order valence-electron chi connectivity index (χ2n) is 2.92. The molecule has 0 saturated carbocycles. The number of hydrogen-bond acceptors (Lipinski definition) is 4. The van der Waals surface area contributed by atoms with Crippen LogP contribution in [0.25, 0.3) is 0 Å². The molecule has 1 amide bonds. The summed E-state index contributed by atoms with van der Waals surface area (Å²) < 4.78 is 35.8. The summed E-state index contributed by atoms with van der Waals surface area (Å²) in [5.74, 6) is -1.52. The molecule has 3 N–H and O–H groups in total. The van der Waals surface area contributed by atoms with E-state index >= 15 is 0 Å². The molecule has 0 spiro atoms. The molecular formula is C8H8ClFN2O4S. The van der Waals surface area contributed by atoms with Crippen molar-refractivity contribution < 1.29 is 22.4 Å². The average molecular weight is 283 g/mol. The van der Waals surface area contributed by atoms with Gasteiger partial charge in [0, 0.05) is 0 Å². The number of hydrogen-bond donors (Lipinski definition) is 2. The number of nitrogens with two attached hydrogens (primary N) is 1. The maximum Gasteiger partial charge on any atom is 0.263 e. The van der Waals surface area contributed by atoms with Crippen LogP contribution >= 0.6 is 11.6 Å². The van der Waals surface area contributed by atoms with E-state index in [0.29, 0.717) is 0 Å². The number of benzene rings is 1. The molecule has 0 bridgehead atoms. The highest BCUT2D eigenvalue weighted by atomic mass is 35.5. The summed E-state index contributed by atoms with van der Waals surface area (Å²) in [6, 6.07) is 2.73. The molecule has 0 aliphatic carbocycles. The summed E-state index contributed by atoms with van der Waals surface area (Å²) in [5, 5.41) is -0.305. The molecule has 1 rings (SSSR count). The van der Waals surface area contributed by atoms with E-state index in [2.05, 4.69) is 4.84 Å². The smallest absolute Gasteiger partial charge is 0.263 e. The molecule has 0 fully saturated rings. The van der Waals surface area contributed by atoms with Gasteiger partial charge >= 0.3 is 0 Å². The van der Waals surface area contributed by atoms with E-state index in [4.69, 9.17) is 17.3 Å². The largest absolute Gasteiger partial charge is 0.368 e. The minimum absolute atomic E-state index is 0.305. The van der Waals surface area contributed by atoms with Crippen molar-refractivity contribution in [3.8, 4) is 0 Å². The molecule has 6 nitrogen and oxygen atoms in total. The Hall–Kier alpha value is -1.22. The number of primary amides is 1. The molecule has 0 aliphatic rings. The third kappa shape index (κ3) is 3.93. The molecule has 0 atom stereocenters. The first-order valence-corrected chi connectivity index (χ1v) is 6.06. The highest BCUT2D eigenvalue weighted by Crippen LogP contribution is 2.21. The highest BCUT2D eigenvalue weighted by molar-refractivity contribution is 7.89. The van der Waals surface area contributed by atoms with Crippen LogP contribution in [0.3, 0.4) is 0 Å². The Morgan fingerprint density at radius 1 is 1.53 bits per heavy atom. The van der Waals surface area contributed by atoms with Gasteiger partial charge < -0.3 is 5.73 Å². The molecular weight excluding hydrogens is 275 g/mol. The summed E-state index contributed by atoms with van der Waals surface area (Å²) >= 11 is 5.55. The van der Waals surface area contributed by atoms with Gasteiger partial charge in [0.15, 0.2) is 0 Å². The fourth-order valence-electron chi connectivity index (χ4n) is 0.916. The van der Waals surface area contributed by atoms with Crippen molar-refractivity contribution in [1.82, 2.24) is 4.89 Å². The first-order chi connectivity index (χ1) is 7.83. The molecule has 17 heavy (non-hydrogen) atoms. The van der Waals surface area contributed by atoms with Crippen LogP contribution in [0, 0.1) is 5.82 Å². The minimum atomic E-state index is -4.08. The second-order valence-corrected chi connectivity index (χ2v) is 4.94. The average Bonchev–Trinajstić information content (AvgIpc) is 2.15. The predicted octanol–water partition coefficient (Wildman–Crippen LogP) is 0.174. The molecule has 0 aromatic heterocycles. The minimum Gasteiger partial charge on any atom is -0.368 e. The number of carbonyl (C=O) groups is 1. The number of amides is 1. The molecule has 1 aromatic carbocycles. The third-order valence-corrected chi connectivity index (χ3v) is 3.26. The Balaban J connectivity index is 2.86. The molecule has 1 aromatic rings. The molecule has 0 aliphatic heterocycles. The van der Waals surface area contributed by atoms with Crippen molar-refractivity contribution in [3.05, 3.63) is 29.0 Å². The van der Waals surface area contributed by atoms with Crippen LogP contribution in [0.1, 0.15) is 0 Å². The van der Waals surface area contributed by atoms with Gasteiger partial charge in [0.2, 0.25) is 5.91 Å². The number of rotatable bonds is 5. The van der Waals surface area contributed by atoms with Crippen molar-refractivity contribution >= 4 is 27.5 Å². The Kier molecular flexibility index (Phi) is 4.40. The Labute approximate surface area is 102 Å². The molecule has 0 saturated heterocycles. The zero-order chi connectivity index (χ0) is 13.1. The summed E-state index contributed by atoms with van der Waals surface area (Å²) in [7, 11) is -4.08. The first kappa shape index (κ1) is 13.8. The van der Waals surface area contributed by atoms with Gasteiger partial charge in [0.1, 0.15) is 17.3 Å². The van der Waals surface area contributed by atoms with Crippen LogP contribution in [0.5, 0.6) is 0 Å². The van der Waals surface area contributed by atoms with Crippen molar-refractivity contribution in [2.24, 2.45) is 5.73 Å². The predicted molar refractivity (Wildman–Crippen MR) is 56.9 cm³/mol.